The Labute approximate surface area is 147 Å². The van der Waals surface area contributed by atoms with Crippen molar-refractivity contribution in [3.05, 3.63) is 48.2 Å². The fourth-order valence-electron chi connectivity index (χ4n) is 3.15. The smallest absolute Gasteiger partial charge is 0.252 e. The van der Waals surface area contributed by atoms with Crippen LogP contribution in [0.5, 0.6) is 0 Å². The largest absolute Gasteiger partial charge is 0.394 e. The predicted octanol–water partition coefficient (Wildman–Crippen LogP) is 1.49. The van der Waals surface area contributed by atoms with Crippen molar-refractivity contribution >= 4 is 5.91 Å². The molecule has 0 bridgehead atoms. The maximum atomic E-state index is 12.5. The minimum atomic E-state index is -0.591. The molecule has 1 aliphatic rings. The summed E-state index contributed by atoms with van der Waals surface area (Å²) >= 11 is 0. The highest BCUT2D eigenvalue weighted by molar-refractivity contribution is 5.95. The first-order valence-corrected chi connectivity index (χ1v) is 8.49. The van der Waals surface area contributed by atoms with Gasteiger partial charge in [-0.05, 0) is 25.6 Å². The number of morpholine rings is 1. The van der Waals surface area contributed by atoms with Crippen LogP contribution in [0.2, 0.25) is 0 Å². The fraction of sp³-hybridized carbons (Fsp3) is 0.421. The molecule has 1 aliphatic heterocycles. The van der Waals surface area contributed by atoms with Crippen LogP contribution in [-0.2, 0) is 4.74 Å². The molecular weight excluding hydrogens is 318 g/mol. The molecule has 0 unspecified atom stereocenters. The molecule has 25 heavy (non-hydrogen) atoms. The first-order valence-electron chi connectivity index (χ1n) is 8.49. The molecule has 1 saturated heterocycles. The number of nitrogens with zero attached hydrogens (tertiary/aromatic N) is 1. The summed E-state index contributed by atoms with van der Waals surface area (Å²) in [5.41, 5.74) is 1.91. The molecule has 1 aromatic carbocycles. The third-order valence-electron chi connectivity index (χ3n) is 5.04. The normalized spacial score (nSPS) is 24.2. The lowest BCUT2D eigenvalue weighted by Crippen LogP contribution is -2.65. The summed E-state index contributed by atoms with van der Waals surface area (Å²) in [4.78, 5) is 17.7. The minimum Gasteiger partial charge on any atom is -0.394 e. The van der Waals surface area contributed by atoms with E-state index in [2.05, 4.69) is 15.2 Å². The Morgan fingerprint density at radius 3 is 2.92 bits per heavy atom. The van der Waals surface area contributed by atoms with Crippen LogP contribution >= 0.6 is 0 Å². The summed E-state index contributed by atoms with van der Waals surface area (Å²) in [7, 11) is 1.96. The molecule has 2 aromatic rings. The van der Waals surface area contributed by atoms with Gasteiger partial charge in [0.25, 0.3) is 5.91 Å². The number of aromatic amines is 1. The lowest BCUT2D eigenvalue weighted by Gasteiger charge is -2.47. The predicted molar refractivity (Wildman–Crippen MR) is 96.4 cm³/mol. The van der Waals surface area contributed by atoms with Crippen molar-refractivity contribution in [3.63, 3.8) is 0 Å². The maximum Gasteiger partial charge on any atom is 0.252 e. The van der Waals surface area contributed by atoms with Gasteiger partial charge in [-0.1, -0.05) is 30.3 Å². The minimum absolute atomic E-state index is 0.0729. The van der Waals surface area contributed by atoms with E-state index in [9.17, 15) is 9.90 Å². The first-order chi connectivity index (χ1) is 12.1. The molecule has 0 radical (unpaired) electrons. The van der Waals surface area contributed by atoms with Crippen molar-refractivity contribution in [2.24, 2.45) is 0 Å². The Kier molecular flexibility index (Phi) is 5.22. The van der Waals surface area contributed by atoms with Gasteiger partial charge in [0.2, 0.25) is 0 Å². The highest BCUT2D eigenvalue weighted by Crippen LogP contribution is 2.22. The number of benzene rings is 1. The molecule has 2 heterocycles. The molecule has 0 aliphatic carbocycles. The number of hydrogen-bond acceptors (Lipinski definition) is 4. The van der Waals surface area contributed by atoms with Gasteiger partial charge >= 0.3 is 0 Å². The lowest BCUT2D eigenvalue weighted by molar-refractivity contribution is -0.105. The number of amides is 1. The summed E-state index contributed by atoms with van der Waals surface area (Å²) in [6.07, 6.45) is 1.70. The maximum absolute atomic E-state index is 12.5. The number of nitrogens with one attached hydrogen (secondary N) is 2. The average Bonchev–Trinajstić information content (AvgIpc) is 3.14. The fourth-order valence-corrected chi connectivity index (χ4v) is 3.15. The zero-order chi connectivity index (χ0) is 17.9. The van der Waals surface area contributed by atoms with Crippen LogP contribution in [0.3, 0.4) is 0 Å². The number of carbonyl (C=O) groups is 1. The first kappa shape index (κ1) is 17.7. The summed E-state index contributed by atoms with van der Waals surface area (Å²) in [6, 6.07) is 11.9. The van der Waals surface area contributed by atoms with E-state index >= 15 is 0 Å². The molecule has 2 atom stereocenters. The molecule has 3 rings (SSSR count). The van der Waals surface area contributed by atoms with Gasteiger partial charge in [-0.2, -0.15) is 0 Å². The van der Waals surface area contributed by atoms with Crippen molar-refractivity contribution in [2.75, 3.05) is 33.4 Å². The van der Waals surface area contributed by atoms with E-state index in [1.54, 1.807) is 6.20 Å². The lowest BCUT2D eigenvalue weighted by atomic mass is 9.96. The van der Waals surface area contributed by atoms with E-state index in [-0.39, 0.29) is 18.6 Å². The Bertz CT molecular complexity index is 716. The molecule has 134 valence electrons. The Balaban J connectivity index is 1.67. The van der Waals surface area contributed by atoms with Gasteiger partial charge in [0.05, 0.1) is 30.9 Å². The van der Waals surface area contributed by atoms with Gasteiger partial charge < -0.3 is 20.1 Å². The third kappa shape index (κ3) is 3.61. The highest BCUT2D eigenvalue weighted by Gasteiger charge is 2.40. The van der Waals surface area contributed by atoms with E-state index in [4.69, 9.17) is 4.74 Å². The van der Waals surface area contributed by atoms with E-state index in [0.717, 1.165) is 11.3 Å². The van der Waals surface area contributed by atoms with Gasteiger partial charge in [0.15, 0.2) is 0 Å². The number of carbonyl (C=O) groups excluding carboxylic acids is 1. The van der Waals surface area contributed by atoms with Crippen LogP contribution in [0, 0.1) is 0 Å². The second-order valence-electron chi connectivity index (χ2n) is 6.71. The van der Waals surface area contributed by atoms with Crippen molar-refractivity contribution in [2.45, 2.75) is 18.5 Å². The van der Waals surface area contributed by atoms with E-state index in [1.165, 1.54) is 0 Å². The zero-order valence-corrected chi connectivity index (χ0v) is 14.7. The Morgan fingerprint density at radius 1 is 1.44 bits per heavy atom. The summed E-state index contributed by atoms with van der Waals surface area (Å²) < 4.78 is 5.60. The number of aromatic nitrogens is 1. The number of hydrogen-bond donors (Lipinski definition) is 3. The summed E-state index contributed by atoms with van der Waals surface area (Å²) in [6.45, 7) is 3.33. The molecule has 1 amide bonds. The van der Waals surface area contributed by atoms with Crippen molar-refractivity contribution in [1.82, 2.24) is 15.2 Å². The third-order valence-corrected chi connectivity index (χ3v) is 5.04. The number of likely N-dealkylation sites (N-methyl/N-ethyl adjacent to an activating group) is 1. The molecule has 0 saturated carbocycles. The van der Waals surface area contributed by atoms with Crippen LogP contribution < -0.4 is 5.32 Å². The summed E-state index contributed by atoms with van der Waals surface area (Å²) in [5, 5.41) is 12.8. The van der Waals surface area contributed by atoms with Crippen molar-refractivity contribution < 1.29 is 14.6 Å². The number of aliphatic hydroxyl groups is 1. The SMILES string of the molecule is C[C@@H]1COC[C@@](CO)(CNC(=O)c2c[nH]c(-c3ccccc3)c2)N1C. The number of ether oxygens (including phenoxy) is 1. The van der Waals surface area contributed by atoms with Gasteiger partial charge in [-0.15, -0.1) is 0 Å². The topological polar surface area (TPSA) is 77.6 Å². The van der Waals surface area contributed by atoms with Crippen LogP contribution in [0.25, 0.3) is 11.3 Å². The van der Waals surface area contributed by atoms with Gasteiger partial charge in [0.1, 0.15) is 0 Å². The number of aliphatic hydroxyl groups excluding tert-OH is 1. The average molecular weight is 343 g/mol. The Hall–Kier alpha value is -2.15. The van der Waals surface area contributed by atoms with E-state index < -0.39 is 5.54 Å². The standard InChI is InChI=1S/C19H25N3O3/c1-14-10-25-13-19(12-23,22(14)2)11-21-18(24)16-8-17(20-9-16)15-6-4-3-5-7-15/h3-9,14,20,23H,10-13H2,1-2H3,(H,21,24)/t14-,19+/m1/s1. The van der Waals surface area contributed by atoms with Crippen molar-refractivity contribution in [1.29, 1.82) is 0 Å². The molecule has 6 heteroatoms. The number of H-pyrrole nitrogens is 1. The van der Waals surface area contributed by atoms with Crippen LogP contribution in [0.1, 0.15) is 17.3 Å². The molecule has 6 nitrogen and oxygen atoms in total. The van der Waals surface area contributed by atoms with Gasteiger partial charge in [-0.25, -0.2) is 0 Å². The van der Waals surface area contributed by atoms with Crippen LogP contribution in [-0.4, -0.2) is 65.9 Å². The second kappa shape index (κ2) is 7.39. The zero-order valence-electron chi connectivity index (χ0n) is 14.7. The quantitative estimate of drug-likeness (QED) is 0.769. The molecule has 1 aromatic heterocycles. The van der Waals surface area contributed by atoms with E-state index in [1.807, 2.05) is 50.4 Å². The van der Waals surface area contributed by atoms with Crippen molar-refractivity contribution in [3.8, 4) is 11.3 Å². The summed E-state index contributed by atoms with van der Waals surface area (Å²) in [5.74, 6) is -0.169. The molecule has 1 fully saturated rings. The Morgan fingerprint density at radius 2 is 2.20 bits per heavy atom. The molecular formula is C19H25N3O3. The van der Waals surface area contributed by atoms with Gasteiger partial charge in [-0.3, -0.25) is 9.69 Å². The highest BCUT2D eigenvalue weighted by atomic mass is 16.5. The molecule has 0 spiro atoms. The second-order valence-corrected chi connectivity index (χ2v) is 6.71. The van der Waals surface area contributed by atoms with E-state index in [0.29, 0.717) is 25.3 Å². The molecule has 3 N–H and O–H groups in total. The van der Waals surface area contributed by atoms with Crippen LogP contribution in [0.4, 0.5) is 0 Å². The van der Waals surface area contributed by atoms with Gasteiger partial charge in [0, 0.05) is 24.5 Å². The monoisotopic (exact) mass is 343 g/mol. The number of rotatable bonds is 5. The van der Waals surface area contributed by atoms with Crippen LogP contribution in [0.15, 0.2) is 42.6 Å².